The molecular formula is C11H12O5. The zero-order valence-electron chi connectivity index (χ0n) is 9.33. The molecule has 16 heavy (non-hydrogen) atoms. The van der Waals surface area contributed by atoms with E-state index >= 15 is 0 Å². The maximum absolute atomic E-state index is 11.4. The highest BCUT2D eigenvalue weighted by Gasteiger charge is 2.30. The first kappa shape index (κ1) is 10.6. The second-order valence-electron chi connectivity index (χ2n) is 3.25. The Balaban J connectivity index is 2.68. The molecule has 1 aliphatic heterocycles. The summed E-state index contributed by atoms with van der Waals surface area (Å²) in [5.41, 5.74) is 1.17. The Bertz CT molecular complexity index is 438. The molecule has 5 heteroatoms. The lowest BCUT2D eigenvalue weighted by Crippen LogP contribution is -2.00. The normalized spacial score (nSPS) is 13.1. The van der Waals surface area contributed by atoms with E-state index in [1.54, 1.807) is 6.07 Å². The first-order valence-corrected chi connectivity index (χ1v) is 4.71. The van der Waals surface area contributed by atoms with Crippen LogP contribution in [0.2, 0.25) is 0 Å². The van der Waals surface area contributed by atoms with Gasteiger partial charge in [0.1, 0.15) is 6.61 Å². The summed E-state index contributed by atoms with van der Waals surface area (Å²) < 4.78 is 20.5. The second kappa shape index (κ2) is 3.92. The van der Waals surface area contributed by atoms with Crippen molar-refractivity contribution in [3.05, 3.63) is 17.2 Å². The lowest BCUT2D eigenvalue weighted by Gasteiger charge is -2.14. The van der Waals surface area contributed by atoms with Gasteiger partial charge in [0, 0.05) is 0 Å². The zero-order chi connectivity index (χ0) is 11.7. The van der Waals surface area contributed by atoms with Crippen LogP contribution in [0.15, 0.2) is 6.07 Å². The van der Waals surface area contributed by atoms with Gasteiger partial charge in [0.25, 0.3) is 0 Å². The molecule has 0 aliphatic carbocycles. The molecule has 1 aromatic rings. The van der Waals surface area contributed by atoms with E-state index < -0.39 is 0 Å². The molecular weight excluding hydrogens is 212 g/mol. The third kappa shape index (κ3) is 1.36. The Kier molecular flexibility index (Phi) is 2.60. The molecule has 0 bridgehead atoms. The number of hydrogen-bond donors (Lipinski definition) is 0. The number of carbonyl (C=O) groups is 1. The van der Waals surface area contributed by atoms with Crippen LogP contribution >= 0.6 is 0 Å². The van der Waals surface area contributed by atoms with Gasteiger partial charge in [-0.15, -0.1) is 0 Å². The zero-order valence-corrected chi connectivity index (χ0v) is 9.33. The minimum absolute atomic E-state index is 0.206. The van der Waals surface area contributed by atoms with Crippen molar-refractivity contribution in [3.63, 3.8) is 0 Å². The maximum atomic E-state index is 11.4. The SMILES string of the molecule is COc1cc2c(c(OC)c1OC)COC2=O. The van der Waals surface area contributed by atoms with Crippen LogP contribution in [-0.4, -0.2) is 27.3 Å². The Morgan fingerprint density at radius 2 is 1.81 bits per heavy atom. The summed E-state index contributed by atoms with van der Waals surface area (Å²) in [4.78, 5) is 11.4. The predicted octanol–water partition coefficient (Wildman–Crippen LogP) is 1.38. The van der Waals surface area contributed by atoms with Gasteiger partial charge in [0.05, 0.1) is 32.5 Å². The van der Waals surface area contributed by atoms with Crippen molar-refractivity contribution in [3.8, 4) is 17.2 Å². The summed E-state index contributed by atoms with van der Waals surface area (Å²) in [6.45, 7) is 0.206. The van der Waals surface area contributed by atoms with Gasteiger partial charge < -0.3 is 18.9 Å². The minimum atomic E-state index is -0.366. The van der Waals surface area contributed by atoms with Crippen LogP contribution < -0.4 is 14.2 Å². The van der Waals surface area contributed by atoms with Gasteiger partial charge in [0.2, 0.25) is 5.75 Å². The van der Waals surface area contributed by atoms with E-state index in [1.807, 2.05) is 0 Å². The summed E-state index contributed by atoms with van der Waals surface area (Å²) in [6, 6.07) is 1.60. The molecule has 1 aromatic carbocycles. The fourth-order valence-electron chi connectivity index (χ4n) is 1.76. The van der Waals surface area contributed by atoms with Crippen molar-refractivity contribution in [1.29, 1.82) is 0 Å². The van der Waals surface area contributed by atoms with E-state index in [0.717, 1.165) is 0 Å². The van der Waals surface area contributed by atoms with Crippen molar-refractivity contribution < 1.29 is 23.7 Å². The van der Waals surface area contributed by atoms with Crippen LogP contribution in [0.3, 0.4) is 0 Å². The smallest absolute Gasteiger partial charge is 0.339 e. The number of hydrogen-bond acceptors (Lipinski definition) is 5. The third-order valence-corrected chi connectivity index (χ3v) is 2.50. The Morgan fingerprint density at radius 1 is 1.12 bits per heavy atom. The maximum Gasteiger partial charge on any atom is 0.339 e. The van der Waals surface area contributed by atoms with E-state index in [9.17, 15) is 4.79 Å². The fraction of sp³-hybridized carbons (Fsp3) is 0.364. The lowest BCUT2D eigenvalue weighted by atomic mass is 10.1. The third-order valence-electron chi connectivity index (χ3n) is 2.50. The van der Waals surface area contributed by atoms with E-state index in [-0.39, 0.29) is 12.6 Å². The summed E-state index contributed by atoms with van der Waals surface area (Å²) >= 11 is 0. The van der Waals surface area contributed by atoms with Gasteiger partial charge in [-0.3, -0.25) is 0 Å². The van der Waals surface area contributed by atoms with Crippen LogP contribution in [0, 0.1) is 0 Å². The van der Waals surface area contributed by atoms with Crippen LogP contribution in [0.5, 0.6) is 17.2 Å². The minimum Gasteiger partial charge on any atom is -0.493 e. The molecule has 0 radical (unpaired) electrons. The number of benzene rings is 1. The van der Waals surface area contributed by atoms with E-state index in [0.29, 0.717) is 28.4 Å². The standard InChI is InChI=1S/C11H12O5/c1-13-8-4-6-7(5-16-11(6)12)9(14-2)10(8)15-3/h4H,5H2,1-3H3. The highest BCUT2D eigenvalue weighted by atomic mass is 16.5. The number of rotatable bonds is 3. The molecule has 0 N–H and O–H groups in total. The summed E-state index contributed by atoms with van der Waals surface area (Å²) in [6.07, 6.45) is 0. The summed E-state index contributed by atoms with van der Waals surface area (Å²) in [5, 5.41) is 0. The first-order chi connectivity index (χ1) is 7.72. The van der Waals surface area contributed by atoms with Crippen LogP contribution in [0.4, 0.5) is 0 Å². The molecule has 1 aliphatic rings. The highest BCUT2D eigenvalue weighted by Crippen LogP contribution is 2.44. The van der Waals surface area contributed by atoms with Crippen molar-refractivity contribution in [1.82, 2.24) is 0 Å². The fourth-order valence-corrected chi connectivity index (χ4v) is 1.76. The second-order valence-corrected chi connectivity index (χ2v) is 3.25. The molecule has 0 saturated heterocycles. The van der Waals surface area contributed by atoms with E-state index in [2.05, 4.69) is 0 Å². The largest absolute Gasteiger partial charge is 0.493 e. The molecule has 0 spiro atoms. The Labute approximate surface area is 92.9 Å². The molecule has 0 unspecified atom stereocenters. The molecule has 1 heterocycles. The summed E-state index contributed by atoms with van der Waals surface area (Å²) in [7, 11) is 4.54. The molecule has 0 atom stereocenters. The van der Waals surface area contributed by atoms with Crippen molar-refractivity contribution in [2.75, 3.05) is 21.3 Å². The summed E-state index contributed by atoms with van der Waals surface area (Å²) in [5.74, 6) is 1.05. The number of cyclic esters (lactones) is 1. The average molecular weight is 224 g/mol. The van der Waals surface area contributed by atoms with Gasteiger partial charge in [-0.25, -0.2) is 4.79 Å². The number of methoxy groups -OCH3 is 3. The first-order valence-electron chi connectivity index (χ1n) is 4.71. The highest BCUT2D eigenvalue weighted by molar-refractivity contribution is 5.95. The van der Waals surface area contributed by atoms with Crippen molar-refractivity contribution >= 4 is 5.97 Å². The van der Waals surface area contributed by atoms with Crippen molar-refractivity contribution in [2.24, 2.45) is 0 Å². The van der Waals surface area contributed by atoms with Crippen LogP contribution in [-0.2, 0) is 11.3 Å². The Hall–Kier alpha value is -1.91. The predicted molar refractivity (Wildman–Crippen MR) is 55.2 cm³/mol. The number of esters is 1. The molecule has 0 aromatic heterocycles. The molecule has 0 saturated carbocycles. The topological polar surface area (TPSA) is 54.0 Å². The van der Waals surface area contributed by atoms with Crippen molar-refractivity contribution in [2.45, 2.75) is 6.61 Å². The van der Waals surface area contributed by atoms with E-state index in [1.165, 1.54) is 21.3 Å². The number of fused-ring (bicyclic) bond motifs is 1. The molecule has 5 nitrogen and oxygen atoms in total. The average Bonchev–Trinajstić information content (AvgIpc) is 2.68. The van der Waals surface area contributed by atoms with Gasteiger partial charge >= 0.3 is 5.97 Å². The van der Waals surface area contributed by atoms with Crippen LogP contribution in [0.25, 0.3) is 0 Å². The van der Waals surface area contributed by atoms with Crippen LogP contribution in [0.1, 0.15) is 15.9 Å². The number of carbonyl (C=O) groups excluding carboxylic acids is 1. The molecule has 86 valence electrons. The van der Waals surface area contributed by atoms with Gasteiger partial charge in [-0.1, -0.05) is 0 Å². The molecule has 2 rings (SSSR count). The van der Waals surface area contributed by atoms with Gasteiger partial charge in [-0.05, 0) is 6.07 Å². The van der Waals surface area contributed by atoms with Gasteiger partial charge in [-0.2, -0.15) is 0 Å². The Morgan fingerprint density at radius 3 is 2.38 bits per heavy atom. The lowest BCUT2D eigenvalue weighted by molar-refractivity contribution is 0.0534. The number of ether oxygens (including phenoxy) is 4. The quantitative estimate of drug-likeness (QED) is 0.726. The monoisotopic (exact) mass is 224 g/mol. The molecule has 0 amide bonds. The van der Waals surface area contributed by atoms with Gasteiger partial charge in [0.15, 0.2) is 11.5 Å². The molecule has 0 fully saturated rings. The van der Waals surface area contributed by atoms with E-state index in [4.69, 9.17) is 18.9 Å².